The van der Waals surface area contributed by atoms with E-state index in [4.69, 9.17) is 0 Å². The number of benzene rings is 1. The summed E-state index contributed by atoms with van der Waals surface area (Å²) in [6.07, 6.45) is 8.04. The minimum absolute atomic E-state index is 0.115. The van der Waals surface area contributed by atoms with Gasteiger partial charge >= 0.3 is 0 Å². The van der Waals surface area contributed by atoms with Gasteiger partial charge in [-0.1, -0.05) is 38.2 Å². The second-order valence-corrected chi connectivity index (χ2v) is 5.66. The monoisotopic (exact) mass is 277 g/mol. The van der Waals surface area contributed by atoms with Crippen LogP contribution in [-0.4, -0.2) is 12.5 Å². The van der Waals surface area contributed by atoms with E-state index in [9.17, 15) is 9.18 Å². The van der Waals surface area contributed by atoms with E-state index in [1.165, 1.54) is 44.2 Å². The lowest BCUT2D eigenvalue weighted by atomic mass is 9.86. The molecule has 0 saturated heterocycles. The highest BCUT2D eigenvalue weighted by Gasteiger charge is 2.18. The summed E-state index contributed by atoms with van der Waals surface area (Å²) in [5, 5.41) is 0. The largest absolute Gasteiger partial charge is 0.313 e. The highest BCUT2D eigenvalue weighted by Crippen LogP contribution is 2.28. The fourth-order valence-corrected chi connectivity index (χ4v) is 3.09. The first-order valence-corrected chi connectivity index (χ1v) is 7.76. The number of halogens is 1. The summed E-state index contributed by atoms with van der Waals surface area (Å²) >= 11 is 0. The van der Waals surface area contributed by atoms with Gasteiger partial charge in [0.1, 0.15) is 5.82 Å². The Morgan fingerprint density at radius 3 is 2.70 bits per heavy atom. The molecule has 2 nitrogen and oxygen atoms in total. The lowest BCUT2D eigenvalue weighted by Crippen LogP contribution is -2.31. The zero-order chi connectivity index (χ0) is 14.4. The number of amides is 1. The molecule has 2 rings (SSSR count). The molecule has 1 aromatic rings. The van der Waals surface area contributed by atoms with Crippen molar-refractivity contribution in [1.82, 2.24) is 0 Å². The Morgan fingerprint density at radius 1 is 1.30 bits per heavy atom. The Hall–Kier alpha value is -1.38. The average Bonchev–Trinajstić information content (AvgIpc) is 2.47. The van der Waals surface area contributed by atoms with Crippen molar-refractivity contribution in [2.45, 2.75) is 51.9 Å². The maximum atomic E-state index is 13.3. The molecule has 1 aliphatic rings. The van der Waals surface area contributed by atoms with Gasteiger partial charge in [-0.15, -0.1) is 0 Å². The van der Waals surface area contributed by atoms with Gasteiger partial charge in [-0.05, 0) is 37.5 Å². The zero-order valence-electron chi connectivity index (χ0n) is 12.3. The normalized spacial score (nSPS) is 16.1. The Labute approximate surface area is 121 Å². The summed E-state index contributed by atoms with van der Waals surface area (Å²) in [5.41, 5.74) is 0.668. The van der Waals surface area contributed by atoms with E-state index in [1.54, 1.807) is 17.0 Å². The zero-order valence-corrected chi connectivity index (χ0v) is 12.3. The molecule has 0 bridgehead atoms. The molecule has 1 fully saturated rings. The smallest absolute Gasteiger partial charge is 0.226 e. The van der Waals surface area contributed by atoms with E-state index >= 15 is 0 Å². The molecular weight excluding hydrogens is 253 g/mol. The molecule has 3 heteroatoms. The van der Waals surface area contributed by atoms with Crippen molar-refractivity contribution < 1.29 is 9.18 Å². The Morgan fingerprint density at radius 2 is 2.05 bits per heavy atom. The molecule has 110 valence electrons. The first-order chi connectivity index (χ1) is 9.70. The number of rotatable bonds is 5. The van der Waals surface area contributed by atoms with Gasteiger partial charge in [0.15, 0.2) is 0 Å². The predicted octanol–water partition coefficient (Wildman–Crippen LogP) is 4.54. The summed E-state index contributed by atoms with van der Waals surface area (Å²) in [4.78, 5) is 14.0. The maximum Gasteiger partial charge on any atom is 0.226 e. The Kier molecular flexibility index (Phi) is 5.57. The summed E-state index contributed by atoms with van der Waals surface area (Å²) in [6, 6.07) is 6.29. The molecule has 0 N–H and O–H groups in total. The van der Waals surface area contributed by atoms with Gasteiger partial charge in [0.2, 0.25) is 5.91 Å². The van der Waals surface area contributed by atoms with Crippen LogP contribution < -0.4 is 4.90 Å². The van der Waals surface area contributed by atoms with Crippen LogP contribution in [0.5, 0.6) is 0 Å². The van der Waals surface area contributed by atoms with Gasteiger partial charge in [0.05, 0.1) is 0 Å². The third-order valence-electron chi connectivity index (χ3n) is 4.23. The van der Waals surface area contributed by atoms with Crippen LogP contribution in [-0.2, 0) is 4.79 Å². The van der Waals surface area contributed by atoms with E-state index in [-0.39, 0.29) is 11.7 Å². The third kappa shape index (κ3) is 4.06. The van der Waals surface area contributed by atoms with Crippen molar-refractivity contribution in [3.63, 3.8) is 0 Å². The number of nitrogens with zero attached hydrogens (tertiary/aromatic N) is 1. The van der Waals surface area contributed by atoms with Crippen LogP contribution in [0, 0.1) is 11.7 Å². The first-order valence-electron chi connectivity index (χ1n) is 7.76. The molecular formula is C17H24FNO. The van der Waals surface area contributed by atoms with Gasteiger partial charge in [-0.3, -0.25) is 4.79 Å². The molecule has 1 saturated carbocycles. The molecule has 0 aliphatic heterocycles. The lowest BCUT2D eigenvalue weighted by molar-refractivity contribution is -0.118. The highest BCUT2D eigenvalue weighted by atomic mass is 19.1. The fraction of sp³-hybridized carbons (Fsp3) is 0.588. The summed E-state index contributed by atoms with van der Waals surface area (Å²) in [7, 11) is 0. The van der Waals surface area contributed by atoms with Crippen LogP contribution in [0.15, 0.2) is 24.3 Å². The van der Waals surface area contributed by atoms with E-state index in [1.807, 2.05) is 6.92 Å². The molecule has 20 heavy (non-hydrogen) atoms. The minimum Gasteiger partial charge on any atom is -0.313 e. The van der Waals surface area contributed by atoms with Crippen molar-refractivity contribution in [1.29, 1.82) is 0 Å². The molecule has 0 unspecified atom stereocenters. The van der Waals surface area contributed by atoms with Crippen molar-refractivity contribution in [2.75, 3.05) is 11.4 Å². The maximum absolute atomic E-state index is 13.3. The average molecular weight is 277 g/mol. The van der Waals surface area contributed by atoms with Crippen LogP contribution in [0.25, 0.3) is 0 Å². The van der Waals surface area contributed by atoms with Crippen molar-refractivity contribution in [2.24, 2.45) is 5.92 Å². The lowest BCUT2D eigenvalue weighted by Gasteiger charge is -2.24. The first kappa shape index (κ1) is 15.0. The SMILES string of the molecule is CCN(C(=O)CCC1CCCCC1)c1cccc(F)c1. The van der Waals surface area contributed by atoms with Crippen LogP contribution in [0.2, 0.25) is 0 Å². The van der Waals surface area contributed by atoms with E-state index in [2.05, 4.69) is 0 Å². The second-order valence-electron chi connectivity index (χ2n) is 5.66. The Balaban J connectivity index is 1.91. The number of anilines is 1. The molecule has 1 aromatic carbocycles. The van der Waals surface area contributed by atoms with Crippen LogP contribution >= 0.6 is 0 Å². The molecule has 0 aromatic heterocycles. The number of carbonyl (C=O) groups is 1. The number of carbonyl (C=O) groups excluding carboxylic acids is 1. The molecule has 0 heterocycles. The van der Waals surface area contributed by atoms with Crippen LogP contribution in [0.1, 0.15) is 51.9 Å². The fourth-order valence-electron chi connectivity index (χ4n) is 3.09. The second kappa shape index (κ2) is 7.41. The highest BCUT2D eigenvalue weighted by molar-refractivity contribution is 5.93. The summed E-state index contributed by atoms with van der Waals surface area (Å²) < 4.78 is 13.3. The van der Waals surface area contributed by atoms with E-state index in [0.29, 0.717) is 24.6 Å². The molecule has 1 amide bonds. The van der Waals surface area contributed by atoms with Crippen LogP contribution in [0.3, 0.4) is 0 Å². The van der Waals surface area contributed by atoms with Gasteiger partial charge in [-0.25, -0.2) is 4.39 Å². The van der Waals surface area contributed by atoms with Crippen molar-refractivity contribution >= 4 is 11.6 Å². The minimum atomic E-state index is -0.291. The van der Waals surface area contributed by atoms with Crippen LogP contribution in [0.4, 0.5) is 10.1 Å². The number of hydrogen-bond acceptors (Lipinski definition) is 1. The predicted molar refractivity (Wildman–Crippen MR) is 80.2 cm³/mol. The molecule has 1 aliphatic carbocycles. The standard InChI is InChI=1S/C17H24FNO/c1-2-19(16-10-6-9-15(18)13-16)17(20)12-11-14-7-4-3-5-8-14/h6,9-10,13-14H,2-5,7-8,11-12H2,1H3. The van der Waals surface area contributed by atoms with Gasteiger partial charge in [-0.2, -0.15) is 0 Å². The van der Waals surface area contributed by atoms with Gasteiger partial charge in [0.25, 0.3) is 0 Å². The molecule has 0 atom stereocenters. The molecule has 0 radical (unpaired) electrons. The summed E-state index contributed by atoms with van der Waals surface area (Å²) in [6.45, 7) is 2.52. The van der Waals surface area contributed by atoms with Crippen molar-refractivity contribution in [3.8, 4) is 0 Å². The van der Waals surface area contributed by atoms with Gasteiger partial charge < -0.3 is 4.90 Å². The number of hydrogen-bond donors (Lipinski definition) is 0. The quantitative estimate of drug-likeness (QED) is 0.773. The van der Waals surface area contributed by atoms with Crippen molar-refractivity contribution in [3.05, 3.63) is 30.1 Å². The molecule has 0 spiro atoms. The Bertz CT molecular complexity index is 440. The van der Waals surface area contributed by atoms with E-state index in [0.717, 1.165) is 6.42 Å². The summed E-state index contributed by atoms with van der Waals surface area (Å²) in [5.74, 6) is 0.531. The third-order valence-corrected chi connectivity index (χ3v) is 4.23. The topological polar surface area (TPSA) is 20.3 Å². The van der Waals surface area contributed by atoms with Gasteiger partial charge in [0, 0.05) is 18.7 Å². The van der Waals surface area contributed by atoms with E-state index < -0.39 is 0 Å².